The molecule has 0 aromatic heterocycles. The van der Waals surface area contributed by atoms with E-state index in [4.69, 9.17) is 15.3 Å². The Morgan fingerprint density at radius 3 is 2.43 bits per heavy atom. The van der Waals surface area contributed by atoms with Crippen LogP contribution in [0.15, 0.2) is 62.5 Å². The smallest absolute Gasteiger partial charge is 0.227 e. The van der Waals surface area contributed by atoms with Gasteiger partial charge < -0.3 is 9.84 Å². The summed E-state index contributed by atoms with van der Waals surface area (Å²) in [5.41, 5.74) is 1.99. The molecule has 28 heavy (non-hydrogen) atoms. The van der Waals surface area contributed by atoms with Crippen LogP contribution in [0, 0.1) is 5.41 Å². The van der Waals surface area contributed by atoms with E-state index in [0.717, 1.165) is 24.8 Å². The van der Waals surface area contributed by atoms with Crippen LogP contribution in [0.3, 0.4) is 0 Å². The zero-order chi connectivity index (χ0) is 21.2. The second kappa shape index (κ2) is 11.6. The van der Waals surface area contributed by atoms with E-state index in [1.54, 1.807) is 32.0 Å². The fourth-order valence-corrected chi connectivity index (χ4v) is 4.13. The predicted molar refractivity (Wildman–Crippen MR) is 113 cm³/mol. The molecule has 0 saturated carbocycles. The molecule has 0 bridgehead atoms. The van der Waals surface area contributed by atoms with Crippen molar-refractivity contribution in [2.75, 3.05) is 13.2 Å². The van der Waals surface area contributed by atoms with Crippen molar-refractivity contribution < 1.29 is 18.3 Å². The molecule has 0 fully saturated rings. The van der Waals surface area contributed by atoms with Crippen LogP contribution in [-0.2, 0) is 14.6 Å². The number of aliphatic hydroxyl groups is 1. The average Bonchev–Trinajstić information content (AvgIpc) is 2.65. The van der Waals surface area contributed by atoms with Crippen molar-refractivity contribution in [1.29, 1.82) is 5.41 Å². The maximum atomic E-state index is 13.1. The van der Waals surface area contributed by atoms with Gasteiger partial charge in [0.2, 0.25) is 15.7 Å². The van der Waals surface area contributed by atoms with Crippen LogP contribution in [0.4, 0.5) is 0 Å². The molecule has 0 spiro atoms. The van der Waals surface area contributed by atoms with Gasteiger partial charge in [0.05, 0.1) is 17.2 Å². The average molecular weight is 407 g/mol. The fraction of sp³-hybridized carbons (Fsp3) is 0.429. The SMILES string of the molecule is CCCC\C(C)=C/C(C)=N\C(C)=C(\C(=N)OCCO)S(=O)(=O)c1ccccc1. The van der Waals surface area contributed by atoms with Gasteiger partial charge in [0.25, 0.3) is 0 Å². The highest BCUT2D eigenvalue weighted by Gasteiger charge is 2.28. The first-order valence-electron chi connectivity index (χ1n) is 9.30. The number of aliphatic hydroxyl groups excluding tert-OH is 1. The van der Waals surface area contributed by atoms with E-state index in [2.05, 4.69) is 11.9 Å². The van der Waals surface area contributed by atoms with Gasteiger partial charge in [-0.3, -0.25) is 10.4 Å². The summed E-state index contributed by atoms with van der Waals surface area (Å²) < 4.78 is 31.3. The number of sulfone groups is 1. The van der Waals surface area contributed by atoms with Gasteiger partial charge in [-0.15, -0.1) is 0 Å². The van der Waals surface area contributed by atoms with E-state index >= 15 is 0 Å². The molecule has 0 atom stereocenters. The number of benzene rings is 1. The second-order valence-electron chi connectivity index (χ2n) is 6.48. The van der Waals surface area contributed by atoms with Crippen molar-refractivity contribution in [2.45, 2.75) is 51.9 Å². The number of nitrogens with one attached hydrogen (secondary N) is 1. The Balaban J connectivity index is 3.41. The molecule has 1 rings (SSSR count). The lowest BCUT2D eigenvalue weighted by atomic mass is 10.1. The van der Waals surface area contributed by atoms with Crippen molar-refractivity contribution in [3.8, 4) is 0 Å². The van der Waals surface area contributed by atoms with Crippen LogP contribution in [0.25, 0.3) is 0 Å². The summed E-state index contributed by atoms with van der Waals surface area (Å²) in [5, 5.41) is 17.1. The molecular formula is C21H30N2O4S. The van der Waals surface area contributed by atoms with Gasteiger partial charge in [-0.2, -0.15) is 0 Å². The lowest BCUT2D eigenvalue weighted by Crippen LogP contribution is -2.19. The normalized spacial score (nSPS) is 13.9. The van der Waals surface area contributed by atoms with Crippen LogP contribution in [-0.4, -0.2) is 38.3 Å². The standard InChI is InChI=1S/C21H30N2O4S/c1-5-6-10-16(2)15-17(3)23-18(4)20(21(22)27-14-13-24)28(25,26)19-11-8-7-9-12-19/h7-9,11-12,15,22,24H,5-6,10,13-14H2,1-4H3/b16-15-,20-18-,22-21?,23-17-. The third-order valence-electron chi connectivity index (χ3n) is 3.92. The van der Waals surface area contributed by atoms with Gasteiger partial charge in [-0.25, -0.2) is 8.42 Å². The van der Waals surface area contributed by atoms with Crippen LogP contribution in [0.2, 0.25) is 0 Å². The zero-order valence-electron chi connectivity index (χ0n) is 17.0. The van der Waals surface area contributed by atoms with Crippen molar-refractivity contribution >= 4 is 21.4 Å². The molecule has 0 radical (unpaired) electrons. The maximum Gasteiger partial charge on any atom is 0.227 e. The van der Waals surface area contributed by atoms with E-state index in [9.17, 15) is 8.42 Å². The molecule has 1 aromatic carbocycles. The Labute approximate surface area is 168 Å². The molecule has 1 aromatic rings. The molecule has 0 amide bonds. The monoisotopic (exact) mass is 406 g/mol. The molecule has 6 nitrogen and oxygen atoms in total. The van der Waals surface area contributed by atoms with Crippen LogP contribution in [0.1, 0.15) is 47.0 Å². The quantitative estimate of drug-likeness (QED) is 0.447. The Morgan fingerprint density at radius 1 is 1.21 bits per heavy atom. The minimum atomic E-state index is -4.00. The Bertz CT molecular complexity index is 854. The zero-order valence-corrected chi connectivity index (χ0v) is 17.8. The number of aliphatic imine (C=N–C) groups is 1. The van der Waals surface area contributed by atoms with Gasteiger partial charge in [0.15, 0.2) is 4.91 Å². The molecule has 0 heterocycles. The fourth-order valence-electron chi connectivity index (χ4n) is 2.64. The van der Waals surface area contributed by atoms with Crippen LogP contribution >= 0.6 is 0 Å². The maximum absolute atomic E-state index is 13.1. The molecule has 0 saturated heterocycles. The molecule has 0 aliphatic carbocycles. The number of ether oxygens (including phenoxy) is 1. The van der Waals surface area contributed by atoms with E-state index in [1.165, 1.54) is 12.1 Å². The lowest BCUT2D eigenvalue weighted by molar-refractivity contribution is 0.193. The van der Waals surface area contributed by atoms with Crippen LogP contribution in [0.5, 0.6) is 0 Å². The van der Waals surface area contributed by atoms with Crippen molar-refractivity contribution in [3.63, 3.8) is 0 Å². The van der Waals surface area contributed by atoms with Gasteiger partial charge >= 0.3 is 0 Å². The molecular weight excluding hydrogens is 376 g/mol. The summed E-state index contributed by atoms with van der Waals surface area (Å²) in [6.45, 7) is 7.00. The van der Waals surface area contributed by atoms with E-state index in [0.29, 0.717) is 5.71 Å². The summed E-state index contributed by atoms with van der Waals surface area (Å²) in [6, 6.07) is 7.88. The third-order valence-corrected chi connectivity index (χ3v) is 5.83. The number of nitrogens with zero attached hydrogens (tertiary/aromatic N) is 1. The summed E-state index contributed by atoms with van der Waals surface area (Å²) in [4.78, 5) is 4.16. The van der Waals surface area contributed by atoms with Crippen LogP contribution < -0.4 is 0 Å². The van der Waals surface area contributed by atoms with E-state index in [-0.39, 0.29) is 28.7 Å². The highest BCUT2D eigenvalue weighted by Crippen LogP contribution is 2.24. The Morgan fingerprint density at radius 2 is 1.86 bits per heavy atom. The summed E-state index contributed by atoms with van der Waals surface area (Å²) in [5.74, 6) is -0.529. The second-order valence-corrected chi connectivity index (χ2v) is 8.37. The van der Waals surface area contributed by atoms with Gasteiger partial charge in [-0.1, -0.05) is 37.1 Å². The Hall–Kier alpha value is -2.25. The van der Waals surface area contributed by atoms with E-state index < -0.39 is 15.7 Å². The lowest BCUT2D eigenvalue weighted by Gasteiger charge is -2.13. The summed E-state index contributed by atoms with van der Waals surface area (Å²) in [7, 11) is -4.00. The highest BCUT2D eigenvalue weighted by atomic mass is 32.2. The van der Waals surface area contributed by atoms with E-state index in [1.807, 2.05) is 13.0 Å². The first kappa shape index (κ1) is 23.8. The molecule has 0 aliphatic heterocycles. The number of rotatable bonds is 10. The van der Waals surface area contributed by atoms with Gasteiger partial charge in [0, 0.05) is 5.71 Å². The van der Waals surface area contributed by atoms with Crippen molar-refractivity contribution in [2.24, 2.45) is 4.99 Å². The van der Waals surface area contributed by atoms with Crippen molar-refractivity contribution in [1.82, 2.24) is 0 Å². The molecule has 2 N–H and O–H groups in total. The minimum Gasteiger partial charge on any atom is -0.475 e. The summed E-state index contributed by atoms with van der Waals surface area (Å²) >= 11 is 0. The van der Waals surface area contributed by atoms with Crippen molar-refractivity contribution in [3.05, 3.63) is 52.6 Å². The molecule has 0 aliphatic rings. The largest absolute Gasteiger partial charge is 0.475 e. The number of hydrogen-bond donors (Lipinski definition) is 2. The van der Waals surface area contributed by atoms with Gasteiger partial charge in [0.1, 0.15) is 6.61 Å². The Kier molecular flexibility index (Phi) is 9.82. The topological polar surface area (TPSA) is 99.8 Å². The minimum absolute atomic E-state index is 0.0595. The first-order chi connectivity index (χ1) is 13.2. The predicted octanol–water partition coefficient (Wildman–Crippen LogP) is 4.28. The molecule has 7 heteroatoms. The summed E-state index contributed by atoms with van der Waals surface area (Å²) in [6.07, 6.45) is 5.05. The third kappa shape index (κ3) is 7.05. The number of allylic oxidation sites excluding steroid dienone is 3. The number of unbranched alkanes of at least 4 members (excludes halogenated alkanes) is 1. The van der Waals surface area contributed by atoms with Gasteiger partial charge in [-0.05, 0) is 51.8 Å². The highest BCUT2D eigenvalue weighted by molar-refractivity contribution is 7.96. The number of hydrogen-bond acceptors (Lipinski definition) is 6. The first-order valence-corrected chi connectivity index (χ1v) is 10.8. The molecule has 0 unspecified atom stereocenters. The molecule has 154 valence electrons.